The molecule has 0 rings (SSSR count). The van der Waals surface area contributed by atoms with Crippen LogP contribution in [0.1, 0.15) is 6.92 Å². The zero-order valence-corrected chi connectivity index (χ0v) is 9.48. The molecule has 11 heteroatoms. The van der Waals surface area contributed by atoms with Gasteiger partial charge in [0.1, 0.15) is 0 Å². The van der Waals surface area contributed by atoms with Gasteiger partial charge in [-0.15, -0.1) is 4.67 Å². The molecule has 14 heavy (non-hydrogen) atoms. The van der Waals surface area contributed by atoms with Crippen molar-refractivity contribution in [1.29, 1.82) is 0 Å². The number of hydrogen-bond acceptors (Lipinski definition) is 5. The summed E-state index contributed by atoms with van der Waals surface area (Å²) in [4.78, 5) is 18.9. The fourth-order valence-electron chi connectivity index (χ4n) is 0.305. The quantitative estimate of drug-likeness (QED) is 0.300. The summed E-state index contributed by atoms with van der Waals surface area (Å²) in [6.07, 6.45) is 0. The number of hydrogen-bond donors (Lipinski definition) is 4. The van der Waals surface area contributed by atoms with Crippen molar-refractivity contribution < 1.29 is 33.0 Å². The van der Waals surface area contributed by atoms with E-state index in [2.05, 4.69) is 19.6 Å². The van der Waals surface area contributed by atoms with E-state index in [4.69, 9.17) is 19.9 Å². The normalized spacial score (nSPS) is 15.3. The van der Waals surface area contributed by atoms with Crippen molar-refractivity contribution >= 4 is 15.5 Å². The van der Waals surface area contributed by atoms with Crippen molar-refractivity contribution in [1.82, 2.24) is 0 Å². The van der Waals surface area contributed by atoms with E-state index in [1.165, 1.54) is 7.11 Å². The average Bonchev–Trinajstić information content (AvgIpc) is 1.81. The molecule has 6 N–H and O–H groups in total. The highest BCUT2D eigenvalue weighted by Crippen LogP contribution is 2.38. The van der Waals surface area contributed by atoms with Gasteiger partial charge in [-0.2, -0.15) is 0 Å². The summed E-state index contributed by atoms with van der Waals surface area (Å²) in [6.45, 7) is 1.88. The van der Waals surface area contributed by atoms with Crippen molar-refractivity contribution in [2.45, 2.75) is 6.92 Å². The molecule has 0 aliphatic rings. The van der Waals surface area contributed by atoms with Crippen molar-refractivity contribution in [2.75, 3.05) is 13.7 Å². The van der Waals surface area contributed by atoms with E-state index >= 15 is 0 Å². The van der Waals surface area contributed by atoms with Crippen LogP contribution >= 0.6 is 15.5 Å². The van der Waals surface area contributed by atoms with E-state index in [9.17, 15) is 4.57 Å². The molecule has 88 valence electrons. The van der Waals surface area contributed by atoms with Crippen molar-refractivity contribution in [3.63, 3.8) is 0 Å². The van der Waals surface area contributed by atoms with Crippen molar-refractivity contribution in [3.8, 4) is 0 Å². The lowest BCUT2D eigenvalue weighted by molar-refractivity contribution is -0.187. The van der Waals surface area contributed by atoms with E-state index in [0.29, 0.717) is 0 Å². The predicted molar refractivity (Wildman–Crippen MR) is 47.7 cm³/mol. The van der Waals surface area contributed by atoms with Gasteiger partial charge in [0.05, 0.1) is 13.7 Å². The first kappa shape index (κ1) is 16.6. The predicted octanol–water partition coefficient (Wildman–Crippen LogP) is -0.294. The summed E-state index contributed by atoms with van der Waals surface area (Å²) in [7, 11) is -6.35. The monoisotopic (exact) mass is 252 g/mol. The highest BCUT2D eigenvalue weighted by atomic mass is 31.2. The number of rotatable bonds is 4. The average molecular weight is 252 g/mol. The molecule has 0 fully saturated rings. The largest absolute Gasteiger partial charge is 0.429 e. The summed E-state index contributed by atoms with van der Waals surface area (Å²) in [5.41, 5.74) is 8.94. The Balaban J connectivity index is 0. The van der Waals surface area contributed by atoms with Crippen LogP contribution in [0.3, 0.4) is 0 Å². The third kappa shape index (κ3) is 22.8. The van der Waals surface area contributed by atoms with Gasteiger partial charge in [-0.25, -0.2) is 25.0 Å². The minimum atomic E-state index is -4.14. The first-order valence-electron chi connectivity index (χ1n) is 3.22. The molecule has 0 aromatic rings. The van der Waals surface area contributed by atoms with Crippen LogP contribution in [0, 0.1) is 0 Å². The van der Waals surface area contributed by atoms with Gasteiger partial charge in [-0.1, -0.05) is 0 Å². The van der Waals surface area contributed by atoms with Gasteiger partial charge < -0.3 is 9.79 Å². The summed E-state index contributed by atoms with van der Waals surface area (Å²) in [6, 6.07) is 0. The zero-order valence-electron chi connectivity index (χ0n) is 7.69. The maximum Gasteiger partial charge on any atom is 0.429 e. The van der Waals surface area contributed by atoms with Gasteiger partial charge in [0.25, 0.3) is 0 Å². The summed E-state index contributed by atoms with van der Waals surface area (Å²) >= 11 is 0. The molecule has 1 atom stereocenters. The van der Waals surface area contributed by atoms with Crippen molar-refractivity contribution in [3.05, 3.63) is 0 Å². The molecule has 0 spiro atoms. The van der Waals surface area contributed by atoms with Gasteiger partial charge in [0.15, 0.2) is 0 Å². The Labute approximate surface area is 81.1 Å². The molecular formula is C3H14N2O7P2. The topological polar surface area (TPSA) is 154 Å². The maximum atomic E-state index is 10.6. The molecule has 0 aromatic heterocycles. The Hall–Kier alpha value is 0.180. The lowest BCUT2D eigenvalue weighted by atomic mass is 10.9. The van der Waals surface area contributed by atoms with Gasteiger partial charge in [-0.3, -0.25) is 4.52 Å². The second-order valence-corrected chi connectivity index (χ2v) is 4.45. The first-order valence-corrected chi connectivity index (χ1v) is 6.51. The van der Waals surface area contributed by atoms with E-state index in [-0.39, 0.29) is 6.61 Å². The SMILES string of the molecule is CCOP(N)(=O)OOC.NP(=O)(O)O. The van der Waals surface area contributed by atoms with Crippen LogP contribution in [0.25, 0.3) is 0 Å². The highest BCUT2D eigenvalue weighted by molar-refractivity contribution is 7.51. The second kappa shape index (κ2) is 7.47. The third-order valence-corrected chi connectivity index (χ3v) is 1.46. The molecule has 0 radical (unpaired) electrons. The molecule has 1 unspecified atom stereocenters. The molecule has 0 bridgehead atoms. The minimum Gasteiger partial charge on any atom is -0.313 e. The molecule has 9 nitrogen and oxygen atoms in total. The van der Waals surface area contributed by atoms with Crippen LogP contribution in [0.4, 0.5) is 0 Å². The standard InChI is InChI=1S/C3H10NO4P.H4NO3P/c1-3-7-9(4,5)8-6-2;1-5(2,3)4/h3H2,1-2H3,(H2,4,5);(H4,1,2,3,4). The van der Waals surface area contributed by atoms with E-state index in [0.717, 1.165) is 0 Å². The Bertz CT molecular complexity index is 209. The first-order chi connectivity index (χ1) is 6.12. The van der Waals surface area contributed by atoms with Crippen LogP contribution < -0.4 is 11.0 Å². The van der Waals surface area contributed by atoms with Crippen LogP contribution in [0.5, 0.6) is 0 Å². The van der Waals surface area contributed by atoms with E-state index in [1.54, 1.807) is 6.92 Å². The fourth-order valence-corrected chi connectivity index (χ4v) is 0.916. The summed E-state index contributed by atoms with van der Waals surface area (Å²) < 4.78 is 28.3. The lowest BCUT2D eigenvalue weighted by Gasteiger charge is -2.07. The zero-order chi connectivity index (χ0) is 11.8. The highest BCUT2D eigenvalue weighted by Gasteiger charge is 2.16. The van der Waals surface area contributed by atoms with E-state index < -0.39 is 15.5 Å². The molecule has 0 amide bonds. The van der Waals surface area contributed by atoms with Crippen LogP contribution in [-0.4, -0.2) is 23.5 Å². The molecular weight excluding hydrogens is 238 g/mol. The Morgan fingerprint density at radius 3 is 1.86 bits per heavy atom. The van der Waals surface area contributed by atoms with Crippen LogP contribution in [-0.2, 0) is 23.2 Å². The van der Waals surface area contributed by atoms with Crippen LogP contribution in [0.2, 0.25) is 0 Å². The second-order valence-electron chi connectivity index (χ2n) is 1.79. The molecule has 0 aliphatic heterocycles. The molecule has 0 saturated carbocycles. The molecule has 0 saturated heterocycles. The fraction of sp³-hybridized carbons (Fsp3) is 1.00. The molecule has 0 aliphatic carbocycles. The molecule has 0 heterocycles. The van der Waals surface area contributed by atoms with Crippen LogP contribution in [0.15, 0.2) is 0 Å². The summed E-state index contributed by atoms with van der Waals surface area (Å²) in [5.74, 6) is 0. The smallest absolute Gasteiger partial charge is 0.313 e. The Morgan fingerprint density at radius 2 is 1.64 bits per heavy atom. The lowest BCUT2D eigenvalue weighted by Crippen LogP contribution is -2.02. The molecule has 0 aromatic carbocycles. The Morgan fingerprint density at radius 1 is 1.29 bits per heavy atom. The number of nitrogens with two attached hydrogens (primary N) is 2. The van der Waals surface area contributed by atoms with E-state index in [1.807, 2.05) is 0 Å². The minimum absolute atomic E-state index is 0.233. The Kier molecular flexibility index (Phi) is 8.86. The van der Waals surface area contributed by atoms with Gasteiger partial charge in [0.2, 0.25) is 0 Å². The van der Waals surface area contributed by atoms with Gasteiger partial charge in [-0.05, 0) is 6.92 Å². The maximum absolute atomic E-state index is 10.6. The third-order valence-electron chi connectivity index (χ3n) is 0.487. The van der Waals surface area contributed by atoms with Crippen molar-refractivity contribution in [2.24, 2.45) is 11.0 Å². The summed E-state index contributed by atoms with van der Waals surface area (Å²) in [5, 5.41) is 0. The van der Waals surface area contributed by atoms with Gasteiger partial charge in [0, 0.05) is 0 Å². The van der Waals surface area contributed by atoms with Gasteiger partial charge >= 0.3 is 15.5 Å².